The first-order chi connectivity index (χ1) is 15.6. The lowest BCUT2D eigenvalue weighted by molar-refractivity contribution is 0.413. The van der Waals surface area contributed by atoms with Gasteiger partial charge in [0.25, 0.3) is 0 Å². The van der Waals surface area contributed by atoms with Gasteiger partial charge in [-0.3, -0.25) is 0 Å². The number of hydrogen-bond donors (Lipinski definition) is 0. The van der Waals surface area contributed by atoms with Gasteiger partial charge in [0, 0.05) is 20.8 Å². The van der Waals surface area contributed by atoms with Crippen LogP contribution in [0.25, 0.3) is 6.08 Å². The molecule has 3 heteroatoms. The molecule has 1 fully saturated rings. The van der Waals surface area contributed by atoms with Crippen molar-refractivity contribution in [1.82, 2.24) is 0 Å². The predicted molar refractivity (Wildman–Crippen MR) is 140 cm³/mol. The minimum Gasteiger partial charge on any atom is -0.497 e. The maximum Gasteiger partial charge on any atom is 0.118 e. The van der Waals surface area contributed by atoms with Gasteiger partial charge in [0.1, 0.15) is 5.75 Å². The van der Waals surface area contributed by atoms with Crippen molar-refractivity contribution < 1.29 is 4.74 Å². The Morgan fingerprint density at radius 3 is 2.09 bits per heavy atom. The molecule has 162 valence electrons. The van der Waals surface area contributed by atoms with Crippen LogP contribution in [0.2, 0.25) is 0 Å². The van der Waals surface area contributed by atoms with E-state index in [1.54, 1.807) is 12.7 Å². The van der Waals surface area contributed by atoms with Gasteiger partial charge in [-0.2, -0.15) is 0 Å². The van der Waals surface area contributed by atoms with Gasteiger partial charge in [-0.15, -0.1) is 0 Å². The van der Waals surface area contributed by atoms with E-state index in [0.29, 0.717) is 17.8 Å². The van der Waals surface area contributed by atoms with Gasteiger partial charge < -0.3 is 4.74 Å². The number of ether oxygens (including phenoxy) is 1. The van der Waals surface area contributed by atoms with E-state index in [4.69, 9.17) is 4.74 Å². The quantitative estimate of drug-likeness (QED) is 0.315. The van der Waals surface area contributed by atoms with Gasteiger partial charge in [-0.1, -0.05) is 80.4 Å². The van der Waals surface area contributed by atoms with Crippen molar-refractivity contribution in [3.8, 4) is 5.75 Å². The summed E-state index contributed by atoms with van der Waals surface area (Å²) in [6.07, 6.45) is 8.60. The fourth-order valence-electron chi connectivity index (χ4n) is 5.37. The van der Waals surface area contributed by atoms with Crippen LogP contribution in [0.1, 0.15) is 47.8 Å². The molecular weight excluding hydrogens is 524 g/mol. The number of hydrogen-bond acceptors (Lipinski definition) is 1. The lowest BCUT2D eigenvalue weighted by atomic mass is 9.72. The maximum absolute atomic E-state index is 5.41. The van der Waals surface area contributed by atoms with Crippen molar-refractivity contribution in [1.29, 1.82) is 0 Å². The van der Waals surface area contributed by atoms with Crippen molar-refractivity contribution >= 4 is 37.9 Å². The summed E-state index contributed by atoms with van der Waals surface area (Å²) in [4.78, 5) is 0. The fourth-order valence-corrected chi connectivity index (χ4v) is 5.90. The molecule has 3 atom stereocenters. The third kappa shape index (κ3) is 4.38. The van der Waals surface area contributed by atoms with Crippen LogP contribution in [0.15, 0.2) is 99.0 Å². The van der Waals surface area contributed by atoms with Gasteiger partial charge in [0.15, 0.2) is 0 Å². The molecule has 3 aromatic carbocycles. The Labute approximate surface area is 207 Å². The summed E-state index contributed by atoms with van der Waals surface area (Å²) in [5, 5.41) is 0. The lowest BCUT2D eigenvalue weighted by Crippen LogP contribution is -2.18. The van der Waals surface area contributed by atoms with Gasteiger partial charge >= 0.3 is 0 Å². The first kappa shape index (κ1) is 21.7. The minimum atomic E-state index is 0.369. The predicted octanol–water partition coefficient (Wildman–Crippen LogP) is 8.91. The van der Waals surface area contributed by atoms with Crippen LogP contribution < -0.4 is 4.74 Å². The van der Waals surface area contributed by atoms with E-state index in [-0.39, 0.29) is 0 Å². The number of methoxy groups -OCH3 is 1. The molecule has 0 radical (unpaired) electrons. The van der Waals surface area contributed by atoms with E-state index < -0.39 is 0 Å². The second kappa shape index (κ2) is 9.41. The molecule has 2 aliphatic carbocycles. The number of fused-ring (bicyclic) bond motifs is 1. The van der Waals surface area contributed by atoms with Crippen LogP contribution in [0.5, 0.6) is 5.75 Å². The molecule has 2 aliphatic rings. The highest BCUT2D eigenvalue weighted by molar-refractivity contribution is 9.10. The summed E-state index contributed by atoms with van der Waals surface area (Å²) >= 11 is 7.17. The molecule has 32 heavy (non-hydrogen) atoms. The molecule has 1 saturated carbocycles. The average Bonchev–Trinajstić information content (AvgIpc) is 3.22. The first-order valence-electron chi connectivity index (χ1n) is 11.2. The van der Waals surface area contributed by atoms with Crippen molar-refractivity contribution in [2.24, 2.45) is 5.92 Å². The number of halogens is 2. The van der Waals surface area contributed by atoms with E-state index in [0.717, 1.165) is 21.1 Å². The summed E-state index contributed by atoms with van der Waals surface area (Å²) in [6.45, 7) is 0. The Bertz CT molecular complexity index is 1140. The zero-order valence-electron chi connectivity index (χ0n) is 18.1. The molecule has 0 aromatic heterocycles. The molecule has 0 bridgehead atoms. The van der Waals surface area contributed by atoms with Crippen molar-refractivity contribution in [3.05, 3.63) is 116 Å². The SMILES string of the molecule is COc1ccc([C@H]2C=C3/C(=C/c4ccc(Br)cc4)CCCC3[C@@H]2c2ccc(Br)cc2)cc1. The first-order valence-corrected chi connectivity index (χ1v) is 12.8. The molecule has 0 aliphatic heterocycles. The minimum absolute atomic E-state index is 0.369. The summed E-state index contributed by atoms with van der Waals surface area (Å²) in [5.41, 5.74) is 7.12. The molecule has 3 aromatic rings. The molecule has 1 nitrogen and oxygen atoms in total. The summed E-state index contributed by atoms with van der Waals surface area (Å²) in [6, 6.07) is 26.3. The number of rotatable bonds is 4. The highest BCUT2D eigenvalue weighted by Gasteiger charge is 2.41. The Morgan fingerprint density at radius 1 is 0.812 bits per heavy atom. The molecule has 0 spiro atoms. The normalized spacial score (nSPS) is 23.7. The average molecular weight is 550 g/mol. The topological polar surface area (TPSA) is 9.23 Å². The Hall–Kier alpha value is -2.10. The highest BCUT2D eigenvalue weighted by atomic mass is 79.9. The number of allylic oxidation sites excluding steroid dienone is 3. The van der Waals surface area contributed by atoms with Gasteiger partial charge in [0.05, 0.1) is 7.11 Å². The molecular formula is C29H26Br2O. The maximum atomic E-state index is 5.41. The largest absolute Gasteiger partial charge is 0.497 e. The van der Waals surface area contributed by atoms with Crippen molar-refractivity contribution in [2.45, 2.75) is 31.1 Å². The molecule has 1 unspecified atom stereocenters. The van der Waals surface area contributed by atoms with Crippen LogP contribution in [-0.2, 0) is 0 Å². The van der Waals surface area contributed by atoms with Crippen LogP contribution >= 0.6 is 31.9 Å². The Kier molecular flexibility index (Phi) is 6.39. The van der Waals surface area contributed by atoms with E-state index in [1.807, 2.05) is 0 Å². The van der Waals surface area contributed by atoms with Gasteiger partial charge in [0.2, 0.25) is 0 Å². The van der Waals surface area contributed by atoms with Crippen LogP contribution in [0, 0.1) is 5.92 Å². The van der Waals surface area contributed by atoms with Crippen LogP contribution in [-0.4, -0.2) is 7.11 Å². The molecule has 0 N–H and O–H groups in total. The molecule has 5 rings (SSSR count). The standard InChI is InChI=1S/C29H26Br2O/c1-32-25-15-9-20(10-16-25)28-18-27-22(17-19-5-11-23(30)12-6-19)3-2-4-26(27)29(28)21-7-13-24(31)14-8-21/h5-18,26,28-29H,2-4H2,1H3/b22-17+/t26?,28-,29+/m1/s1. The Morgan fingerprint density at radius 2 is 1.44 bits per heavy atom. The van der Waals surface area contributed by atoms with Gasteiger partial charge in [-0.25, -0.2) is 0 Å². The zero-order valence-corrected chi connectivity index (χ0v) is 21.3. The van der Waals surface area contributed by atoms with Crippen LogP contribution in [0.4, 0.5) is 0 Å². The smallest absolute Gasteiger partial charge is 0.118 e. The van der Waals surface area contributed by atoms with E-state index in [1.165, 1.54) is 35.1 Å². The van der Waals surface area contributed by atoms with Gasteiger partial charge in [-0.05, 0) is 89.4 Å². The summed E-state index contributed by atoms with van der Waals surface area (Å²) in [5.74, 6) is 2.29. The zero-order chi connectivity index (χ0) is 22.1. The van der Waals surface area contributed by atoms with Crippen molar-refractivity contribution in [2.75, 3.05) is 7.11 Å². The number of benzene rings is 3. The van der Waals surface area contributed by atoms with Crippen LogP contribution in [0.3, 0.4) is 0 Å². The molecule has 0 heterocycles. The van der Waals surface area contributed by atoms with E-state index in [9.17, 15) is 0 Å². The third-order valence-corrected chi connectivity index (χ3v) is 7.93. The Balaban J connectivity index is 1.57. The molecule has 0 amide bonds. The van der Waals surface area contributed by atoms with E-state index in [2.05, 4.69) is 117 Å². The fraction of sp³-hybridized carbons (Fsp3) is 0.241. The van der Waals surface area contributed by atoms with Crippen molar-refractivity contribution in [3.63, 3.8) is 0 Å². The second-order valence-electron chi connectivity index (χ2n) is 8.72. The highest BCUT2D eigenvalue weighted by Crippen LogP contribution is 2.55. The van der Waals surface area contributed by atoms with E-state index >= 15 is 0 Å². The second-order valence-corrected chi connectivity index (χ2v) is 10.5. The molecule has 0 saturated heterocycles. The summed E-state index contributed by atoms with van der Waals surface area (Å²) in [7, 11) is 1.73. The monoisotopic (exact) mass is 548 g/mol. The third-order valence-electron chi connectivity index (χ3n) is 6.88. The lowest BCUT2D eigenvalue weighted by Gasteiger charge is -2.31. The summed E-state index contributed by atoms with van der Waals surface area (Å²) < 4.78 is 7.66.